The molecule has 5 atom stereocenters. The van der Waals surface area contributed by atoms with Crippen molar-refractivity contribution in [1.82, 2.24) is 4.90 Å². The Kier molecular flexibility index (Phi) is 2.27. The molecule has 0 saturated carbocycles. The summed E-state index contributed by atoms with van der Waals surface area (Å²) in [6, 6.07) is -9.35. The van der Waals surface area contributed by atoms with Crippen LogP contribution in [0.4, 0.5) is 0 Å². The molecule has 30 heavy (non-hydrogen) atoms. The number of hydrogen-bond acceptors (Lipinski definition) is 6. The molecule has 0 radical (unpaired) electrons. The third kappa shape index (κ3) is 4.75. The highest BCUT2D eigenvalue weighted by molar-refractivity contribution is 5.76. The predicted molar refractivity (Wildman–Crippen MR) is 118 cm³/mol. The minimum absolute atomic E-state index is 0.308. The number of rotatable bonds is 7. The van der Waals surface area contributed by atoms with Crippen molar-refractivity contribution in [2.24, 2.45) is 23.4 Å². The normalized spacial score (nSPS) is 48.0. The molecule has 0 bridgehead atoms. The van der Waals surface area contributed by atoms with Crippen LogP contribution in [0.5, 0.6) is 11.5 Å². The van der Waals surface area contributed by atoms with Crippen LogP contribution in [0, 0.1) is 17.7 Å². The van der Waals surface area contributed by atoms with Crippen molar-refractivity contribution in [3.63, 3.8) is 0 Å². The quantitative estimate of drug-likeness (QED) is 0.651. The Balaban J connectivity index is 2.48. The zero-order valence-corrected chi connectivity index (χ0v) is 16.2. The fourth-order valence-electron chi connectivity index (χ4n) is 3.18. The van der Waals surface area contributed by atoms with E-state index < -0.39 is 136 Å². The van der Waals surface area contributed by atoms with Gasteiger partial charge in [0.15, 0.2) is 11.5 Å². The van der Waals surface area contributed by atoms with E-state index in [0.29, 0.717) is 11.8 Å². The number of piperidine rings is 1. The molecular formula is C24H38N2O4. The van der Waals surface area contributed by atoms with Gasteiger partial charge in [0.1, 0.15) is 12.1 Å². The Morgan fingerprint density at radius 2 is 2.27 bits per heavy atom. The fraction of sp³-hybridized carbons (Fsp3) is 0.708. The Bertz CT molecular complexity index is 1630. The number of hydrogen-bond donors (Lipinski definition) is 1. The smallest absolute Gasteiger partial charge is 0.323 e. The molecule has 1 saturated heterocycles. The summed E-state index contributed by atoms with van der Waals surface area (Å²) < 4.78 is 213. The lowest BCUT2D eigenvalue weighted by atomic mass is 9.79. The molecule has 2 aliphatic rings. The highest BCUT2D eigenvalue weighted by Crippen LogP contribution is 2.44. The lowest BCUT2D eigenvalue weighted by molar-refractivity contribution is -0.160. The summed E-state index contributed by atoms with van der Waals surface area (Å²) in [5, 5.41) is 0. The lowest BCUT2D eigenvalue weighted by Crippen LogP contribution is -2.51. The summed E-state index contributed by atoms with van der Waals surface area (Å²) >= 11 is 0. The van der Waals surface area contributed by atoms with Gasteiger partial charge in [-0.2, -0.15) is 0 Å². The maximum Gasteiger partial charge on any atom is 0.323 e. The number of nitrogens with two attached hydrogens (primary N) is 1. The van der Waals surface area contributed by atoms with Crippen LogP contribution in [0.15, 0.2) is 12.1 Å². The number of carbonyl (C=O) groups excluding carboxylic acids is 1. The first kappa shape index (κ1) is 7.11. The van der Waals surface area contributed by atoms with Crippen molar-refractivity contribution in [2.75, 3.05) is 27.2 Å². The van der Waals surface area contributed by atoms with E-state index >= 15 is 0 Å². The van der Waals surface area contributed by atoms with Crippen LogP contribution in [-0.2, 0) is 15.9 Å². The van der Waals surface area contributed by atoms with E-state index in [9.17, 15) is 6.17 Å². The Morgan fingerprint density at radius 1 is 1.47 bits per heavy atom. The highest BCUT2D eigenvalue weighted by atomic mass is 16.5. The average molecular weight is 443 g/mol. The zero-order chi connectivity index (χ0) is 42.8. The number of carbonyl (C=O) groups is 1. The van der Waals surface area contributed by atoms with Gasteiger partial charge in [0.05, 0.1) is 23.7 Å². The van der Waals surface area contributed by atoms with Gasteiger partial charge in [-0.15, -0.1) is 0 Å². The van der Waals surface area contributed by atoms with Crippen LogP contribution in [0.2, 0.25) is 0 Å². The number of fused-ring (bicyclic) bond motifs is 3. The summed E-state index contributed by atoms with van der Waals surface area (Å²) in [6.07, 6.45) is -10.8. The number of ether oxygens (including phenoxy) is 3. The van der Waals surface area contributed by atoms with E-state index in [-0.39, 0.29) is 0 Å². The van der Waals surface area contributed by atoms with Crippen LogP contribution in [0.25, 0.3) is 0 Å². The molecular weight excluding hydrogens is 380 g/mol. The summed E-state index contributed by atoms with van der Waals surface area (Å²) in [7, 11) is -2.46. The number of esters is 1. The molecule has 168 valence electrons. The third-order valence-electron chi connectivity index (χ3n) is 4.54. The second-order valence-electron chi connectivity index (χ2n) is 6.57. The maximum atomic E-state index is 13.7. The monoisotopic (exact) mass is 442 g/mol. The number of nitrogens with zero attached hydrogens (tertiary/aromatic N) is 1. The molecule has 6 nitrogen and oxygen atoms in total. The standard InChI is InChI=1S/C24H38N2O4/c1-14(2)9-17-13-26-8-7-16-10-21(28-5)22(29-6)11-18(16)19(26)12-20(17)30-24(27)23(25)15(3)4/h10-11,14-15,17,19-20,23H,7-9,12-13,25H2,1-6H3/t17?,19?,20?,23-/m0/s1/i1D3,3D3,4D3,5D3,7D2,8D2,9D2,10D,11D,14D,15D,19D,23D/t14?,17?,19?,20?,23-. The van der Waals surface area contributed by atoms with Crippen LogP contribution in [0.3, 0.4) is 0 Å². The Morgan fingerprint density at radius 3 is 2.97 bits per heavy atom. The van der Waals surface area contributed by atoms with Gasteiger partial charge >= 0.3 is 5.97 Å². The molecule has 0 spiro atoms. The lowest BCUT2D eigenvalue weighted by Gasteiger charge is -2.47. The summed E-state index contributed by atoms with van der Waals surface area (Å²) in [4.78, 5) is 14.0. The van der Waals surface area contributed by atoms with Crippen molar-refractivity contribution < 1.29 is 51.9 Å². The largest absolute Gasteiger partial charge is 0.493 e. The molecule has 0 amide bonds. The van der Waals surface area contributed by atoms with E-state index in [4.69, 9.17) is 51.5 Å². The fourth-order valence-corrected chi connectivity index (χ4v) is 3.18. The van der Waals surface area contributed by atoms with Crippen molar-refractivity contribution in [2.45, 2.75) is 64.8 Å². The van der Waals surface area contributed by atoms with Crippen LogP contribution < -0.4 is 15.2 Å². The van der Waals surface area contributed by atoms with Gasteiger partial charge in [0.2, 0.25) is 0 Å². The molecule has 2 heterocycles. The summed E-state index contributed by atoms with van der Waals surface area (Å²) in [6.45, 7) is -15.8. The molecule has 2 N–H and O–H groups in total. The molecule has 1 aromatic rings. The molecule has 3 rings (SSSR count). The van der Waals surface area contributed by atoms with Crippen molar-refractivity contribution in [3.8, 4) is 11.5 Å². The summed E-state index contributed by atoms with van der Waals surface area (Å²) in [5.74, 6) is -13.9. The molecule has 0 aliphatic carbocycles. The van der Waals surface area contributed by atoms with E-state index in [2.05, 4.69) is 0 Å². The van der Waals surface area contributed by atoms with Gasteiger partial charge in [0.25, 0.3) is 0 Å². The Hall–Kier alpha value is -1.79. The van der Waals surface area contributed by atoms with E-state index in [1.165, 1.54) is 0 Å². The Labute approximate surface area is 214 Å². The SMILES string of the molecule is [2H]c1c(OC)c(OC([2H])([2H])[2H])c([2H])c2c1C1([2H])CC(OC(=O)[C@@]([2H])(N)C([2H])(C([2H])([2H])[2H])C([2H])([2H])[2H])C(C([2H])([2H])C([2H])(C)C([2H])([2H])[2H])CN1C([2H])([2H])C2([2H])[2H]. The maximum absolute atomic E-state index is 13.7. The van der Waals surface area contributed by atoms with Crippen molar-refractivity contribution >= 4 is 5.97 Å². The van der Waals surface area contributed by atoms with Gasteiger partial charge in [-0.05, 0) is 47.7 Å². The molecule has 1 fully saturated rings. The molecule has 1 aromatic carbocycles. The van der Waals surface area contributed by atoms with Gasteiger partial charge in [-0.25, -0.2) is 0 Å². The van der Waals surface area contributed by atoms with Crippen LogP contribution >= 0.6 is 0 Å². The van der Waals surface area contributed by atoms with E-state index in [1.54, 1.807) is 0 Å². The first-order chi connectivity index (χ1) is 23.6. The number of benzene rings is 1. The van der Waals surface area contributed by atoms with Crippen LogP contribution in [-0.4, -0.2) is 50.2 Å². The van der Waals surface area contributed by atoms with Gasteiger partial charge < -0.3 is 19.9 Å². The van der Waals surface area contributed by atoms with Crippen molar-refractivity contribution in [1.29, 1.82) is 0 Å². The van der Waals surface area contributed by atoms with Gasteiger partial charge in [0, 0.05) is 54.7 Å². The first-order valence-electron chi connectivity index (χ1n) is 20.8. The van der Waals surface area contributed by atoms with Crippen LogP contribution in [0.1, 0.15) is 90.3 Å². The first-order valence-corrected chi connectivity index (χ1v) is 8.76. The molecule has 4 unspecified atom stereocenters. The van der Waals surface area contributed by atoms with Gasteiger partial charge in [-0.3, -0.25) is 9.69 Å². The second kappa shape index (κ2) is 9.56. The van der Waals surface area contributed by atoms with Crippen molar-refractivity contribution in [3.05, 3.63) is 23.2 Å². The topological polar surface area (TPSA) is 74.0 Å². The molecule has 0 aromatic heterocycles. The predicted octanol–water partition coefficient (Wildman–Crippen LogP) is 3.56. The molecule has 6 heteroatoms. The van der Waals surface area contributed by atoms with E-state index in [0.717, 1.165) is 7.11 Å². The minimum atomic E-state index is -4.16. The average Bonchev–Trinajstić information content (AvgIpc) is 2.94. The number of methoxy groups -OCH3 is 2. The zero-order valence-electron chi connectivity index (χ0n) is 40.2. The highest BCUT2D eigenvalue weighted by Gasteiger charge is 2.41. The second-order valence-corrected chi connectivity index (χ2v) is 6.57. The van der Waals surface area contributed by atoms with E-state index in [1.807, 2.05) is 0 Å². The van der Waals surface area contributed by atoms with Gasteiger partial charge in [-0.1, -0.05) is 27.5 Å². The summed E-state index contributed by atoms with van der Waals surface area (Å²) in [5.41, 5.74) is 3.61. The molecule has 2 aliphatic heterocycles. The third-order valence-corrected chi connectivity index (χ3v) is 4.54. The minimum Gasteiger partial charge on any atom is -0.493 e.